The first-order valence-corrected chi connectivity index (χ1v) is 48.1. The molecule has 3 aliphatic rings. The van der Waals surface area contributed by atoms with Crippen LogP contribution in [0.15, 0.2) is 438 Å². The minimum atomic E-state index is -0.120. The number of hydrogen-bond acceptors (Lipinski definition) is 9. The fourth-order valence-electron chi connectivity index (χ4n) is 22.7. The van der Waals surface area contributed by atoms with E-state index in [4.69, 9.17) is 43.2 Å². The second-order valence-corrected chi connectivity index (χ2v) is 39.0. The standard InChI is InChI=1S/2C45H30N2O.C41H28N2O/c1-45(2)37-26-32(20-22-34(37)35-23-19-27-9-6-7-12-33(27)42(35)45)39-14-8-13-38(46-39)31-18-16-28-15-17-29-21-24-40-43(41(29)36(28)25-31)48-44(47-40)30-10-4-3-5-11-30;1-45(2)36-23-20-27-9-6-7-12-33(27)42(36)34-22-19-32(26-37(34)45)39-14-8-13-38(46-39)31-18-16-28-15-17-29-21-24-40-43(41(29)35(28)25-31)48-44(47-40)30-10-4-3-5-11-30;1-41(2)33-12-7-6-11-30(33)31-21-19-29(24-34(31)41)36-14-8-13-35(42-36)28-18-16-25-15-17-26-20-22-37-39(38(26)32(25)23-28)44-40(43-37)27-9-4-3-5-10-27/h2*3-26H,1-2H3;3-24H,1-2H3. The Bertz CT molecular complexity index is 9680. The van der Waals surface area contributed by atoms with Crippen LogP contribution < -0.4 is 0 Å². The minimum Gasteiger partial charge on any atom is -0.435 e. The van der Waals surface area contributed by atoms with Crippen LogP contribution in [0.3, 0.4) is 0 Å². The summed E-state index contributed by atoms with van der Waals surface area (Å²) < 4.78 is 19.4. The third-order valence-corrected chi connectivity index (χ3v) is 29.8. The fraction of sp³-hybridized carbons (Fsp3) is 0.0687. The van der Waals surface area contributed by atoms with Crippen LogP contribution in [0.25, 0.3) is 255 Å². The number of hydrogen-bond donors (Lipinski definition) is 0. The molecule has 0 bridgehead atoms. The van der Waals surface area contributed by atoms with Crippen molar-refractivity contribution in [2.75, 3.05) is 0 Å². The molecule has 20 aromatic carbocycles. The van der Waals surface area contributed by atoms with Crippen LogP contribution in [0.5, 0.6) is 0 Å². The summed E-state index contributed by atoms with van der Waals surface area (Å²) in [5, 5.41) is 18.7. The van der Waals surface area contributed by atoms with Crippen molar-refractivity contribution in [3.05, 3.63) is 458 Å². The largest absolute Gasteiger partial charge is 0.435 e. The molecule has 0 unspecified atom stereocenters. The van der Waals surface area contributed by atoms with Gasteiger partial charge >= 0.3 is 0 Å². The molecule has 0 saturated heterocycles. The molecular weight excluding hydrogens is 1710 g/mol. The van der Waals surface area contributed by atoms with E-state index in [-0.39, 0.29) is 16.2 Å². The van der Waals surface area contributed by atoms with Gasteiger partial charge in [-0.2, -0.15) is 0 Å². The highest BCUT2D eigenvalue weighted by Crippen LogP contribution is 2.56. The van der Waals surface area contributed by atoms with Crippen molar-refractivity contribution >= 4 is 119 Å². The highest BCUT2D eigenvalue weighted by molar-refractivity contribution is 6.22. The molecule has 0 spiro atoms. The molecule has 29 rings (SSSR count). The fourth-order valence-corrected chi connectivity index (χ4v) is 22.7. The summed E-state index contributed by atoms with van der Waals surface area (Å²) >= 11 is 0. The van der Waals surface area contributed by atoms with Gasteiger partial charge in [0.05, 0.1) is 34.2 Å². The van der Waals surface area contributed by atoms with E-state index in [0.29, 0.717) is 17.7 Å². The van der Waals surface area contributed by atoms with Gasteiger partial charge in [-0.05, 0) is 264 Å². The molecule has 0 saturated carbocycles. The third-order valence-electron chi connectivity index (χ3n) is 29.8. The Morgan fingerprint density at radius 1 is 0.179 bits per heavy atom. The van der Waals surface area contributed by atoms with E-state index in [1.165, 1.54) is 88.3 Å². The van der Waals surface area contributed by atoms with Crippen LogP contribution in [0.4, 0.5) is 0 Å². The minimum absolute atomic E-state index is 0.0502. The summed E-state index contributed by atoms with van der Waals surface area (Å²) in [6.07, 6.45) is 0. The summed E-state index contributed by atoms with van der Waals surface area (Å²) in [7, 11) is 0. The van der Waals surface area contributed by atoms with Gasteiger partial charge in [-0.25, -0.2) is 29.9 Å². The number of rotatable bonds is 9. The van der Waals surface area contributed by atoms with E-state index in [9.17, 15) is 0 Å². The number of oxazole rings is 3. The second kappa shape index (κ2) is 31.7. The molecule has 6 aromatic heterocycles. The average molecular weight is 1790 g/mol. The van der Waals surface area contributed by atoms with Gasteiger partial charge in [-0.3, -0.25) is 0 Å². The summed E-state index contributed by atoms with van der Waals surface area (Å²) in [6, 6.07) is 151. The molecule has 0 aliphatic heterocycles. The lowest BCUT2D eigenvalue weighted by atomic mass is 9.80. The van der Waals surface area contributed by atoms with Gasteiger partial charge in [-0.15, -0.1) is 0 Å². The van der Waals surface area contributed by atoms with E-state index in [0.717, 1.165) is 182 Å². The summed E-state index contributed by atoms with van der Waals surface area (Å²) in [6.45, 7) is 14.0. The number of nitrogens with zero attached hydrogens (tertiary/aromatic N) is 6. The van der Waals surface area contributed by atoms with Crippen molar-refractivity contribution in [3.63, 3.8) is 0 Å². The molecule has 0 radical (unpaired) electrons. The molecule has 26 aromatic rings. The maximum atomic E-state index is 6.47. The highest BCUT2D eigenvalue weighted by Gasteiger charge is 2.40. The Kier molecular flexibility index (Phi) is 18.6. The number of aromatic nitrogens is 6. The maximum Gasteiger partial charge on any atom is 0.227 e. The molecule has 0 atom stereocenters. The monoisotopic (exact) mass is 1790 g/mol. The maximum absolute atomic E-state index is 6.47. The van der Waals surface area contributed by atoms with Crippen LogP contribution in [-0.4, -0.2) is 29.9 Å². The van der Waals surface area contributed by atoms with Crippen molar-refractivity contribution in [1.82, 2.24) is 29.9 Å². The van der Waals surface area contributed by atoms with E-state index in [1.807, 2.05) is 109 Å². The third kappa shape index (κ3) is 13.3. The van der Waals surface area contributed by atoms with Gasteiger partial charge in [0.15, 0.2) is 16.7 Å². The summed E-state index contributed by atoms with van der Waals surface area (Å²) in [4.78, 5) is 30.2. The Labute approximate surface area is 808 Å². The smallest absolute Gasteiger partial charge is 0.227 e. The molecule has 6 heterocycles. The molecule has 0 fully saturated rings. The first-order valence-electron chi connectivity index (χ1n) is 48.1. The van der Waals surface area contributed by atoms with Gasteiger partial charge in [-0.1, -0.05) is 339 Å². The highest BCUT2D eigenvalue weighted by atomic mass is 16.4. The Balaban J connectivity index is 0.000000106. The lowest BCUT2D eigenvalue weighted by Crippen LogP contribution is -2.15. The van der Waals surface area contributed by atoms with Crippen molar-refractivity contribution in [2.45, 2.75) is 57.8 Å². The van der Waals surface area contributed by atoms with Gasteiger partial charge in [0.2, 0.25) is 17.7 Å². The number of pyridine rings is 3. The predicted molar refractivity (Wildman–Crippen MR) is 577 cm³/mol. The molecule has 9 heteroatoms. The molecule has 3 aliphatic carbocycles. The first-order chi connectivity index (χ1) is 68.6. The quantitative estimate of drug-likeness (QED) is 0.130. The zero-order valence-corrected chi connectivity index (χ0v) is 77.8. The lowest BCUT2D eigenvalue weighted by Gasteiger charge is -2.23. The molecule has 9 nitrogen and oxygen atoms in total. The second-order valence-electron chi connectivity index (χ2n) is 39.0. The van der Waals surface area contributed by atoms with Gasteiger partial charge < -0.3 is 13.3 Å². The van der Waals surface area contributed by atoms with E-state index >= 15 is 0 Å². The van der Waals surface area contributed by atoms with E-state index < -0.39 is 0 Å². The zero-order valence-electron chi connectivity index (χ0n) is 77.8. The number of benzene rings is 20. The van der Waals surface area contributed by atoms with Crippen LogP contribution in [0, 0.1) is 0 Å². The van der Waals surface area contributed by atoms with Gasteiger partial charge in [0.1, 0.15) is 16.6 Å². The molecule has 0 N–H and O–H groups in total. The SMILES string of the molecule is CC1(C)c2cc(-c3cccc(-c4ccc5ccc6ccc7nc(-c8ccccc8)oc7c6c5c4)n3)ccc2-c2c1ccc1ccccc21.CC1(C)c2cc(-c3cccc(-c4ccc5ccc6ccc7nc(-c8ccccc8)oc7c6c5c4)n3)ccc2-c2ccc3ccccc3c21.CC1(C)c2ccccc2-c2ccc(-c3cccc(-c4ccc5ccc6ccc7nc(-c8ccccc8)oc7c6c5c4)n3)cc21. The zero-order chi connectivity index (χ0) is 93.4. The Hall–Kier alpha value is -17.7. The topological polar surface area (TPSA) is 117 Å². The van der Waals surface area contributed by atoms with E-state index in [1.54, 1.807) is 0 Å². The molecule has 0 amide bonds. The predicted octanol–water partition coefficient (Wildman–Crippen LogP) is 34.8. The first kappa shape index (κ1) is 81.9. The lowest BCUT2D eigenvalue weighted by molar-refractivity contribution is 0.623. The normalized spacial score (nSPS) is 13.4. The van der Waals surface area contributed by atoms with Crippen LogP contribution >= 0.6 is 0 Å². The van der Waals surface area contributed by atoms with Crippen molar-refractivity contribution in [1.29, 1.82) is 0 Å². The molecular formula is C131H88N6O3. The van der Waals surface area contributed by atoms with Gasteiger partial charge in [0, 0.05) is 82.5 Å². The van der Waals surface area contributed by atoms with Gasteiger partial charge in [0.25, 0.3) is 0 Å². The Morgan fingerprint density at radius 3 is 0.914 bits per heavy atom. The van der Waals surface area contributed by atoms with E-state index in [2.05, 4.69) is 357 Å². The van der Waals surface area contributed by atoms with Crippen molar-refractivity contribution in [3.8, 4) is 135 Å². The van der Waals surface area contributed by atoms with Crippen molar-refractivity contribution in [2.24, 2.45) is 0 Å². The Morgan fingerprint density at radius 2 is 0.471 bits per heavy atom. The summed E-state index contributed by atoms with van der Waals surface area (Å²) in [5.41, 5.74) is 36.2. The number of fused-ring (bicyclic) bond motifs is 28. The summed E-state index contributed by atoms with van der Waals surface area (Å²) in [5.74, 6) is 1.90. The average Bonchev–Trinajstić information content (AvgIpc) is 1.56. The molecule has 660 valence electrons. The van der Waals surface area contributed by atoms with Crippen LogP contribution in [-0.2, 0) is 16.2 Å². The van der Waals surface area contributed by atoms with Crippen LogP contribution in [0.1, 0.15) is 74.9 Å². The van der Waals surface area contributed by atoms with Crippen LogP contribution in [0.2, 0.25) is 0 Å². The molecule has 140 heavy (non-hydrogen) atoms. The van der Waals surface area contributed by atoms with Crippen molar-refractivity contribution < 1.29 is 13.3 Å².